The maximum absolute atomic E-state index is 13.6. The smallest absolute Gasteiger partial charge is 0.225 e. The fraction of sp³-hybridized carbons (Fsp3) is 0.385. The zero-order valence-corrected chi connectivity index (χ0v) is 11.4. The molecule has 0 heterocycles. The Balaban J connectivity index is 2.05. The lowest BCUT2D eigenvalue weighted by atomic mass is 10.1. The molecular formula is C13H15ClFN3O2. The molecular weight excluding hydrogens is 285 g/mol. The summed E-state index contributed by atoms with van der Waals surface area (Å²) in [7, 11) is 0. The number of halogens is 2. The number of nitrogens with one attached hydrogen (secondary N) is 1. The van der Waals surface area contributed by atoms with Gasteiger partial charge in [0.1, 0.15) is 5.82 Å². The van der Waals surface area contributed by atoms with Crippen LogP contribution in [0, 0.1) is 11.7 Å². The lowest BCUT2D eigenvalue weighted by molar-refractivity contribution is -0.120. The van der Waals surface area contributed by atoms with Gasteiger partial charge in [-0.3, -0.25) is 4.79 Å². The Kier molecular flexibility index (Phi) is 4.44. The van der Waals surface area contributed by atoms with E-state index in [1.807, 2.05) is 0 Å². The van der Waals surface area contributed by atoms with Crippen LogP contribution in [0.1, 0.15) is 18.4 Å². The van der Waals surface area contributed by atoms with Gasteiger partial charge in [-0.25, -0.2) is 4.39 Å². The molecule has 1 aliphatic rings. The highest BCUT2D eigenvalue weighted by molar-refractivity contribution is 6.31. The van der Waals surface area contributed by atoms with Gasteiger partial charge in [0.25, 0.3) is 0 Å². The van der Waals surface area contributed by atoms with Crippen molar-refractivity contribution in [3.8, 4) is 0 Å². The molecule has 0 aromatic heterocycles. The van der Waals surface area contributed by atoms with E-state index in [1.165, 1.54) is 18.2 Å². The van der Waals surface area contributed by atoms with Crippen LogP contribution < -0.4 is 11.1 Å². The molecule has 0 bridgehead atoms. The summed E-state index contributed by atoms with van der Waals surface area (Å²) in [5.41, 5.74) is 5.68. The van der Waals surface area contributed by atoms with Crippen LogP contribution in [0.5, 0.6) is 0 Å². The maximum atomic E-state index is 13.6. The van der Waals surface area contributed by atoms with E-state index in [0.717, 1.165) is 12.8 Å². The van der Waals surface area contributed by atoms with E-state index >= 15 is 0 Å². The van der Waals surface area contributed by atoms with E-state index in [4.69, 9.17) is 22.5 Å². The van der Waals surface area contributed by atoms with Crippen molar-refractivity contribution in [2.24, 2.45) is 16.8 Å². The van der Waals surface area contributed by atoms with Gasteiger partial charge in [0.2, 0.25) is 5.91 Å². The molecule has 0 saturated heterocycles. The second-order valence-corrected chi connectivity index (χ2v) is 5.19. The van der Waals surface area contributed by atoms with Crippen molar-refractivity contribution in [1.29, 1.82) is 0 Å². The van der Waals surface area contributed by atoms with Gasteiger partial charge in [-0.2, -0.15) is 0 Å². The normalized spacial score (nSPS) is 16.8. The molecule has 7 heteroatoms. The number of nitrogens with zero attached hydrogens (tertiary/aromatic N) is 1. The Morgan fingerprint density at radius 1 is 1.60 bits per heavy atom. The highest BCUT2D eigenvalue weighted by Gasteiger charge is 2.35. The Labute approximate surface area is 120 Å². The molecule has 1 aromatic carbocycles. The minimum atomic E-state index is -0.528. The summed E-state index contributed by atoms with van der Waals surface area (Å²) in [6.07, 6.45) is 1.62. The Hall–Kier alpha value is -1.82. The van der Waals surface area contributed by atoms with Crippen molar-refractivity contribution in [3.63, 3.8) is 0 Å². The minimum absolute atomic E-state index is 0.0412. The van der Waals surface area contributed by atoms with E-state index in [9.17, 15) is 9.18 Å². The second kappa shape index (κ2) is 6.09. The van der Waals surface area contributed by atoms with Crippen molar-refractivity contribution in [1.82, 2.24) is 5.32 Å². The molecule has 1 fully saturated rings. The summed E-state index contributed by atoms with van der Waals surface area (Å²) >= 11 is 5.87. The standard InChI is InChI=1S/C13H15ClFN3O2/c14-9-2-1-3-10(15)8(9)6-11(19)17-12(7-4-5-7)13(16)18-20/h1-3,7,12,20H,4-6H2,(H2,16,18)(H,17,19). The second-order valence-electron chi connectivity index (χ2n) is 4.78. The predicted octanol–water partition coefficient (Wildman–Crippen LogP) is 1.66. The van der Waals surface area contributed by atoms with E-state index < -0.39 is 17.8 Å². The number of amidine groups is 1. The zero-order chi connectivity index (χ0) is 14.7. The van der Waals surface area contributed by atoms with E-state index in [2.05, 4.69) is 10.5 Å². The lowest BCUT2D eigenvalue weighted by Crippen LogP contribution is -2.46. The molecule has 108 valence electrons. The van der Waals surface area contributed by atoms with Gasteiger partial charge in [0.05, 0.1) is 12.5 Å². The minimum Gasteiger partial charge on any atom is -0.409 e. The van der Waals surface area contributed by atoms with Crippen LogP contribution in [0.2, 0.25) is 5.02 Å². The summed E-state index contributed by atoms with van der Waals surface area (Å²) in [5, 5.41) is 14.5. The first-order valence-corrected chi connectivity index (χ1v) is 6.60. The molecule has 1 atom stereocenters. The van der Waals surface area contributed by atoms with Crippen molar-refractivity contribution >= 4 is 23.3 Å². The third-order valence-electron chi connectivity index (χ3n) is 3.24. The van der Waals surface area contributed by atoms with Gasteiger partial charge in [0.15, 0.2) is 5.84 Å². The first-order valence-electron chi connectivity index (χ1n) is 6.22. The third kappa shape index (κ3) is 3.39. The number of carbonyl (C=O) groups is 1. The van der Waals surface area contributed by atoms with Gasteiger partial charge >= 0.3 is 0 Å². The topological polar surface area (TPSA) is 87.7 Å². The number of rotatable bonds is 5. The van der Waals surface area contributed by atoms with Crippen LogP contribution in [0.4, 0.5) is 4.39 Å². The average molecular weight is 300 g/mol. The molecule has 0 radical (unpaired) electrons. The first-order chi connectivity index (χ1) is 9.52. The maximum Gasteiger partial charge on any atom is 0.225 e. The van der Waals surface area contributed by atoms with Crippen molar-refractivity contribution in [2.75, 3.05) is 0 Å². The highest BCUT2D eigenvalue weighted by atomic mass is 35.5. The lowest BCUT2D eigenvalue weighted by Gasteiger charge is -2.17. The quantitative estimate of drug-likeness (QED) is 0.334. The van der Waals surface area contributed by atoms with Gasteiger partial charge in [-0.15, -0.1) is 0 Å². The summed E-state index contributed by atoms with van der Waals surface area (Å²) in [5.74, 6) is -0.814. The fourth-order valence-electron chi connectivity index (χ4n) is 2.01. The monoisotopic (exact) mass is 299 g/mol. The summed E-state index contributed by atoms with van der Waals surface area (Å²) in [6, 6.07) is 3.73. The number of carbonyl (C=O) groups excluding carboxylic acids is 1. The molecule has 2 rings (SSSR count). The molecule has 0 aliphatic heterocycles. The van der Waals surface area contributed by atoms with Crippen molar-refractivity contribution < 1.29 is 14.4 Å². The zero-order valence-electron chi connectivity index (χ0n) is 10.6. The number of nitrogens with two attached hydrogens (primary N) is 1. The van der Waals surface area contributed by atoms with Gasteiger partial charge in [-0.1, -0.05) is 22.8 Å². The largest absolute Gasteiger partial charge is 0.409 e. The van der Waals surface area contributed by atoms with Crippen LogP contribution in [0.15, 0.2) is 23.4 Å². The van der Waals surface area contributed by atoms with Crippen LogP contribution >= 0.6 is 11.6 Å². The van der Waals surface area contributed by atoms with E-state index in [0.29, 0.717) is 0 Å². The number of benzene rings is 1. The molecule has 4 N–H and O–H groups in total. The molecule has 0 spiro atoms. The number of hydrogen-bond acceptors (Lipinski definition) is 3. The molecule has 1 saturated carbocycles. The molecule has 20 heavy (non-hydrogen) atoms. The van der Waals surface area contributed by atoms with Gasteiger partial charge in [-0.05, 0) is 30.9 Å². The van der Waals surface area contributed by atoms with Crippen molar-refractivity contribution in [2.45, 2.75) is 25.3 Å². The molecule has 1 amide bonds. The number of amides is 1. The number of oxime groups is 1. The molecule has 1 aromatic rings. The first kappa shape index (κ1) is 14.6. The predicted molar refractivity (Wildman–Crippen MR) is 73.2 cm³/mol. The van der Waals surface area contributed by atoms with Crippen LogP contribution in [-0.4, -0.2) is 23.0 Å². The SMILES string of the molecule is NC(=NO)C(NC(=O)Cc1c(F)cccc1Cl)C1CC1. The van der Waals surface area contributed by atoms with Crippen LogP contribution in [-0.2, 0) is 11.2 Å². The number of hydrogen-bond donors (Lipinski definition) is 3. The summed E-state index contributed by atoms with van der Waals surface area (Å²) < 4.78 is 13.6. The third-order valence-corrected chi connectivity index (χ3v) is 3.60. The summed E-state index contributed by atoms with van der Waals surface area (Å²) in [4.78, 5) is 12.0. The fourth-order valence-corrected chi connectivity index (χ4v) is 2.24. The van der Waals surface area contributed by atoms with E-state index in [1.54, 1.807) is 0 Å². The summed E-state index contributed by atoms with van der Waals surface area (Å²) in [6.45, 7) is 0. The van der Waals surface area contributed by atoms with E-state index in [-0.39, 0.29) is 28.8 Å². The van der Waals surface area contributed by atoms with Crippen LogP contribution in [0.25, 0.3) is 0 Å². The molecule has 5 nitrogen and oxygen atoms in total. The van der Waals surface area contributed by atoms with Crippen molar-refractivity contribution in [3.05, 3.63) is 34.6 Å². The molecule has 1 aliphatic carbocycles. The Bertz CT molecular complexity index is 526. The van der Waals surface area contributed by atoms with Gasteiger partial charge in [0, 0.05) is 10.6 Å². The Morgan fingerprint density at radius 2 is 2.30 bits per heavy atom. The van der Waals surface area contributed by atoms with Gasteiger partial charge < -0.3 is 16.3 Å². The molecule has 1 unspecified atom stereocenters. The van der Waals surface area contributed by atoms with Crippen LogP contribution in [0.3, 0.4) is 0 Å². The highest BCUT2D eigenvalue weighted by Crippen LogP contribution is 2.32. The Morgan fingerprint density at radius 3 is 2.85 bits per heavy atom. The average Bonchev–Trinajstić information content (AvgIpc) is 3.24.